The second-order valence-electron chi connectivity index (χ2n) is 7.63. The van der Waals surface area contributed by atoms with Gasteiger partial charge in [0.25, 0.3) is 0 Å². The molecule has 0 aliphatic heterocycles. The van der Waals surface area contributed by atoms with Crippen molar-refractivity contribution in [3.8, 4) is 5.75 Å². The van der Waals surface area contributed by atoms with Crippen molar-refractivity contribution in [1.82, 2.24) is 5.32 Å². The van der Waals surface area contributed by atoms with E-state index in [1.54, 1.807) is 51.1 Å². The first kappa shape index (κ1) is 21.9. The molecule has 0 saturated carbocycles. The fourth-order valence-corrected chi connectivity index (χ4v) is 2.61. The van der Waals surface area contributed by atoms with Gasteiger partial charge in [0.2, 0.25) is 0 Å². The molecule has 0 bridgehead atoms. The van der Waals surface area contributed by atoms with Crippen LogP contribution in [0.3, 0.4) is 0 Å². The Labute approximate surface area is 169 Å². The van der Waals surface area contributed by atoms with E-state index in [2.05, 4.69) is 5.32 Å². The highest BCUT2D eigenvalue weighted by molar-refractivity contribution is 5.96. The lowest BCUT2D eigenvalue weighted by molar-refractivity contribution is 0.0522. The number of aromatic carboxylic acids is 1. The van der Waals surface area contributed by atoms with E-state index in [0.29, 0.717) is 24.1 Å². The summed E-state index contributed by atoms with van der Waals surface area (Å²) in [6.07, 6.45) is 0.102. The van der Waals surface area contributed by atoms with Gasteiger partial charge in [-0.1, -0.05) is 30.3 Å². The number of Topliss-reactive ketones (excluding diaryl/α,β-unsaturated/α-hetero) is 1. The minimum atomic E-state index is -1.20. The lowest BCUT2D eigenvalue weighted by atomic mass is 10.0. The Kier molecular flexibility index (Phi) is 6.98. The minimum Gasteiger partial charge on any atom is -0.507 e. The Morgan fingerprint density at radius 1 is 1.00 bits per heavy atom. The quantitative estimate of drug-likeness (QED) is 0.608. The van der Waals surface area contributed by atoms with E-state index >= 15 is 0 Å². The van der Waals surface area contributed by atoms with Crippen LogP contribution in [0.5, 0.6) is 5.75 Å². The zero-order valence-electron chi connectivity index (χ0n) is 16.7. The molecule has 0 spiro atoms. The summed E-state index contributed by atoms with van der Waals surface area (Å²) in [5, 5.41) is 21.3. The lowest BCUT2D eigenvalue weighted by Crippen LogP contribution is -2.32. The van der Waals surface area contributed by atoms with Crippen LogP contribution < -0.4 is 5.32 Å². The first-order valence-electron chi connectivity index (χ1n) is 9.19. The average molecular weight is 399 g/mol. The lowest BCUT2D eigenvalue weighted by Gasteiger charge is -2.19. The van der Waals surface area contributed by atoms with E-state index in [-0.39, 0.29) is 23.5 Å². The van der Waals surface area contributed by atoms with Crippen LogP contribution >= 0.6 is 0 Å². The van der Waals surface area contributed by atoms with Gasteiger partial charge in [0.05, 0.1) is 0 Å². The number of aromatic hydroxyl groups is 1. The molecule has 29 heavy (non-hydrogen) atoms. The van der Waals surface area contributed by atoms with Crippen LogP contribution in [0.15, 0.2) is 42.5 Å². The Hall–Kier alpha value is -3.35. The topological polar surface area (TPSA) is 113 Å². The summed E-state index contributed by atoms with van der Waals surface area (Å²) in [5.74, 6) is -1.59. The summed E-state index contributed by atoms with van der Waals surface area (Å²) >= 11 is 0. The number of carbonyl (C=O) groups excluding carboxylic acids is 2. The third-order valence-electron chi connectivity index (χ3n) is 4.04. The number of alkyl carbamates (subject to hydrolysis) is 1. The van der Waals surface area contributed by atoms with E-state index in [0.717, 1.165) is 5.56 Å². The predicted molar refractivity (Wildman–Crippen MR) is 107 cm³/mol. The summed E-state index contributed by atoms with van der Waals surface area (Å²) in [4.78, 5) is 34.9. The van der Waals surface area contributed by atoms with E-state index in [9.17, 15) is 19.5 Å². The molecule has 0 radical (unpaired) electrons. The molecule has 0 atom stereocenters. The molecule has 2 aromatic carbocycles. The highest BCUT2D eigenvalue weighted by Crippen LogP contribution is 2.20. The van der Waals surface area contributed by atoms with Gasteiger partial charge in [0.15, 0.2) is 5.78 Å². The summed E-state index contributed by atoms with van der Waals surface area (Å²) < 4.78 is 5.17. The van der Waals surface area contributed by atoms with Gasteiger partial charge in [-0.05, 0) is 50.5 Å². The molecule has 0 saturated heterocycles. The van der Waals surface area contributed by atoms with Gasteiger partial charge < -0.3 is 20.3 Å². The Balaban J connectivity index is 1.88. The molecule has 0 aliphatic carbocycles. The summed E-state index contributed by atoms with van der Waals surface area (Å²) in [6.45, 7) is 5.65. The summed E-state index contributed by atoms with van der Waals surface area (Å²) in [6, 6.07) is 11.2. The van der Waals surface area contributed by atoms with Gasteiger partial charge in [-0.25, -0.2) is 9.59 Å². The van der Waals surface area contributed by atoms with E-state index in [1.165, 1.54) is 12.1 Å². The summed E-state index contributed by atoms with van der Waals surface area (Å²) in [5.41, 5.74) is 1.32. The van der Waals surface area contributed by atoms with Crippen LogP contribution in [0.4, 0.5) is 4.79 Å². The predicted octanol–water partition coefficient (Wildman–Crippen LogP) is 3.93. The molecular formula is C22H25NO6. The van der Waals surface area contributed by atoms with Crippen LogP contribution in [0, 0.1) is 0 Å². The van der Waals surface area contributed by atoms with Crippen molar-refractivity contribution in [2.45, 2.75) is 45.8 Å². The first-order chi connectivity index (χ1) is 13.5. The molecule has 3 N–H and O–H groups in total. The van der Waals surface area contributed by atoms with Crippen LogP contribution in [-0.2, 0) is 17.7 Å². The van der Waals surface area contributed by atoms with Crippen molar-refractivity contribution in [1.29, 1.82) is 0 Å². The van der Waals surface area contributed by atoms with Crippen molar-refractivity contribution in [2.75, 3.05) is 0 Å². The van der Waals surface area contributed by atoms with Gasteiger partial charge in [0, 0.05) is 18.5 Å². The maximum atomic E-state index is 12.4. The molecule has 0 unspecified atom stereocenters. The molecule has 7 heteroatoms. The number of aryl methyl sites for hydroxylation is 1. The van der Waals surface area contributed by atoms with Crippen molar-refractivity contribution >= 4 is 17.8 Å². The highest BCUT2D eigenvalue weighted by atomic mass is 16.6. The van der Waals surface area contributed by atoms with E-state index < -0.39 is 17.7 Å². The van der Waals surface area contributed by atoms with Gasteiger partial charge in [-0.3, -0.25) is 4.79 Å². The van der Waals surface area contributed by atoms with E-state index in [1.807, 2.05) is 0 Å². The van der Waals surface area contributed by atoms with E-state index in [4.69, 9.17) is 9.84 Å². The van der Waals surface area contributed by atoms with Crippen LogP contribution in [0.1, 0.15) is 59.0 Å². The number of carbonyl (C=O) groups is 3. The second kappa shape index (κ2) is 9.23. The molecule has 0 heterocycles. The van der Waals surface area contributed by atoms with Crippen LogP contribution in [0.2, 0.25) is 0 Å². The number of hydrogen-bond donors (Lipinski definition) is 3. The zero-order chi connectivity index (χ0) is 21.6. The smallest absolute Gasteiger partial charge is 0.407 e. The van der Waals surface area contributed by atoms with Crippen LogP contribution in [0.25, 0.3) is 0 Å². The standard InChI is InChI=1S/C22H25NO6/c1-22(2,3)29-21(28)23-13-15-4-8-16(9-5-15)18(24)11-7-14-6-10-17(20(26)27)19(25)12-14/h4-6,8-10,12,25H,7,11,13H2,1-3H3,(H,23,28)(H,26,27). The summed E-state index contributed by atoms with van der Waals surface area (Å²) in [7, 11) is 0. The molecule has 154 valence electrons. The molecule has 0 aliphatic rings. The number of rotatable bonds is 7. The van der Waals surface area contributed by atoms with Gasteiger partial charge >= 0.3 is 12.1 Å². The Morgan fingerprint density at radius 2 is 1.62 bits per heavy atom. The number of phenols is 1. The van der Waals surface area contributed by atoms with Crippen molar-refractivity contribution < 1.29 is 29.3 Å². The van der Waals surface area contributed by atoms with Crippen molar-refractivity contribution in [3.63, 3.8) is 0 Å². The van der Waals surface area contributed by atoms with Crippen molar-refractivity contribution in [2.24, 2.45) is 0 Å². The molecule has 7 nitrogen and oxygen atoms in total. The minimum absolute atomic E-state index is 0.0709. The highest BCUT2D eigenvalue weighted by Gasteiger charge is 2.16. The SMILES string of the molecule is CC(C)(C)OC(=O)NCc1ccc(C(=O)CCc2ccc(C(=O)O)c(O)c2)cc1. The van der Waals surface area contributed by atoms with Gasteiger partial charge in [0.1, 0.15) is 16.9 Å². The Bertz CT molecular complexity index is 897. The first-order valence-corrected chi connectivity index (χ1v) is 9.19. The second-order valence-corrected chi connectivity index (χ2v) is 7.63. The molecular weight excluding hydrogens is 374 g/mol. The molecule has 0 aromatic heterocycles. The average Bonchev–Trinajstić information content (AvgIpc) is 2.63. The maximum absolute atomic E-state index is 12.4. The molecule has 2 rings (SSSR count). The van der Waals surface area contributed by atoms with Crippen molar-refractivity contribution in [3.05, 3.63) is 64.7 Å². The van der Waals surface area contributed by atoms with Gasteiger partial charge in [-0.15, -0.1) is 0 Å². The third-order valence-corrected chi connectivity index (χ3v) is 4.04. The number of nitrogens with one attached hydrogen (secondary N) is 1. The fraction of sp³-hybridized carbons (Fsp3) is 0.318. The number of carboxylic acids is 1. The Morgan fingerprint density at radius 3 is 2.17 bits per heavy atom. The molecule has 0 fully saturated rings. The number of ketones is 1. The number of hydrogen-bond acceptors (Lipinski definition) is 5. The normalized spacial score (nSPS) is 11.0. The molecule has 1 amide bonds. The maximum Gasteiger partial charge on any atom is 0.407 e. The number of carboxylic acid groups (broad SMARTS) is 1. The molecule has 2 aromatic rings. The number of ether oxygens (including phenoxy) is 1. The number of amides is 1. The van der Waals surface area contributed by atoms with Crippen LogP contribution in [-0.4, -0.2) is 33.7 Å². The monoisotopic (exact) mass is 399 g/mol. The fourth-order valence-electron chi connectivity index (χ4n) is 2.61. The third kappa shape index (κ3) is 6.95. The zero-order valence-corrected chi connectivity index (χ0v) is 16.7. The number of benzene rings is 2. The largest absolute Gasteiger partial charge is 0.507 e. The van der Waals surface area contributed by atoms with Gasteiger partial charge in [-0.2, -0.15) is 0 Å².